The van der Waals surface area contributed by atoms with Crippen LogP contribution in [-0.4, -0.2) is 49.1 Å². The molecule has 0 unspecified atom stereocenters. The summed E-state index contributed by atoms with van der Waals surface area (Å²) in [7, 11) is 6.45. The van der Waals surface area contributed by atoms with E-state index in [9.17, 15) is 4.79 Å². The number of carbonyl (C=O) groups is 1. The fourth-order valence-electron chi connectivity index (χ4n) is 2.02. The fourth-order valence-corrected chi connectivity index (χ4v) is 2.41. The molecule has 112 valence electrons. The topological polar surface area (TPSA) is 42.0 Å². The van der Waals surface area contributed by atoms with Gasteiger partial charge in [-0.3, -0.25) is 9.69 Å². The molecule has 0 atom stereocenters. The molecule has 1 aliphatic heterocycles. The van der Waals surface area contributed by atoms with Gasteiger partial charge in [-0.2, -0.15) is 0 Å². The number of carbonyl (C=O) groups excluding carboxylic acids is 1. The summed E-state index contributed by atoms with van der Waals surface area (Å²) in [4.78, 5) is 15.2. The van der Waals surface area contributed by atoms with Crippen molar-refractivity contribution >= 4 is 40.9 Å². The first kappa shape index (κ1) is 15.6. The number of hydrogen-bond donors (Lipinski definition) is 0. The van der Waals surface area contributed by atoms with Crippen LogP contribution in [0.25, 0.3) is 6.08 Å². The minimum Gasteiger partial charge on any atom is -0.493 e. The molecule has 0 radical (unpaired) electrons. The van der Waals surface area contributed by atoms with E-state index in [0.717, 1.165) is 0 Å². The third-order valence-electron chi connectivity index (χ3n) is 3.25. The molecule has 1 aliphatic rings. The first-order valence-electron chi connectivity index (χ1n) is 6.09. The van der Waals surface area contributed by atoms with Crippen LogP contribution in [0.2, 0.25) is 5.02 Å². The quantitative estimate of drug-likeness (QED) is 0.630. The van der Waals surface area contributed by atoms with E-state index in [-0.39, 0.29) is 5.91 Å². The first-order valence-corrected chi connectivity index (χ1v) is 6.88. The molecular formula is C14H15ClN2O3S. The van der Waals surface area contributed by atoms with Crippen molar-refractivity contribution in [3.63, 3.8) is 0 Å². The van der Waals surface area contributed by atoms with Crippen LogP contribution in [0, 0.1) is 0 Å². The number of thiocarbonyl (C=S) groups is 1. The number of likely N-dealkylation sites (N-methyl/N-ethyl adjacent to an activating group) is 2. The van der Waals surface area contributed by atoms with Gasteiger partial charge in [-0.15, -0.1) is 0 Å². The molecule has 5 nitrogen and oxygen atoms in total. The minimum atomic E-state index is -0.173. The number of ether oxygens (including phenoxy) is 2. The summed E-state index contributed by atoms with van der Waals surface area (Å²) in [6.45, 7) is 0. The summed E-state index contributed by atoms with van der Waals surface area (Å²) < 4.78 is 10.4. The second-order valence-electron chi connectivity index (χ2n) is 4.46. The van der Waals surface area contributed by atoms with E-state index in [1.165, 1.54) is 12.0 Å². The molecule has 1 heterocycles. The summed E-state index contributed by atoms with van der Waals surface area (Å²) in [6.07, 6.45) is 1.68. The van der Waals surface area contributed by atoms with Crippen molar-refractivity contribution in [1.82, 2.24) is 9.80 Å². The zero-order valence-corrected chi connectivity index (χ0v) is 13.7. The van der Waals surface area contributed by atoms with Gasteiger partial charge in [-0.05, 0) is 29.9 Å². The van der Waals surface area contributed by atoms with Crippen LogP contribution in [0.15, 0.2) is 17.8 Å². The molecule has 1 saturated heterocycles. The Labute approximate surface area is 133 Å². The van der Waals surface area contributed by atoms with Gasteiger partial charge in [0.1, 0.15) is 5.70 Å². The second kappa shape index (κ2) is 5.91. The predicted molar refractivity (Wildman–Crippen MR) is 85.7 cm³/mol. The van der Waals surface area contributed by atoms with Gasteiger partial charge in [0.05, 0.1) is 19.2 Å². The second-order valence-corrected chi connectivity index (χ2v) is 5.24. The average Bonchev–Trinajstić information content (AvgIpc) is 2.66. The lowest BCUT2D eigenvalue weighted by molar-refractivity contribution is -0.121. The lowest BCUT2D eigenvalue weighted by Crippen LogP contribution is -2.26. The zero-order chi connectivity index (χ0) is 15.7. The van der Waals surface area contributed by atoms with Crippen molar-refractivity contribution in [3.05, 3.63) is 28.4 Å². The zero-order valence-electron chi connectivity index (χ0n) is 12.1. The van der Waals surface area contributed by atoms with Crippen LogP contribution in [0.1, 0.15) is 5.56 Å². The van der Waals surface area contributed by atoms with Gasteiger partial charge in [0, 0.05) is 20.2 Å². The summed E-state index contributed by atoms with van der Waals surface area (Å²) in [5, 5.41) is 0.907. The summed E-state index contributed by atoms with van der Waals surface area (Å²) in [5.41, 5.74) is 1.11. The fraction of sp³-hybridized carbons (Fsp3) is 0.286. The van der Waals surface area contributed by atoms with Gasteiger partial charge >= 0.3 is 0 Å². The molecule has 0 bridgehead atoms. The van der Waals surface area contributed by atoms with Crippen LogP contribution >= 0.6 is 23.8 Å². The average molecular weight is 327 g/mol. The Morgan fingerprint density at radius 1 is 1.14 bits per heavy atom. The molecule has 7 heteroatoms. The number of amides is 1. The highest BCUT2D eigenvalue weighted by Crippen LogP contribution is 2.35. The van der Waals surface area contributed by atoms with E-state index < -0.39 is 0 Å². The van der Waals surface area contributed by atoms with Crippen molar-refractivity contribution in [2.24, 2.45) is 0 Å². The third kappa shape index (κ3) is 2.69. The number of benzene rings is 1. The normalized spacial score (nSPS) is 16.9. The molecule has 0 N–H and O–H groups in total. The Bertz CT molecular complexity index is 645. The van der Waals surface area contributed by atoms with Gasteiger partial charge in [0.15, 0.2) is 16.6 Å². The molecule has 0 aliphatic carbocycles. The molecule has 1 aromatic carbocycles. The van der Waals surface area contributed by atoms with Crippen molar-refractivity contribution in [3.8, 4) is 11.5 Å². The minimum absolute atomic E-state index is 0.173. The van der Waals surface area contributed by atoms with E-state index in [1.54, 1.807) is 44.3 Å². The van der Waals surface area contributed by atoms with E-state index >= 15 is 0 Å². The SMILES string of the molecule is COc1cc(Cl)c(C=C2C(=O)N(C)C(=S)N2C)cc1OC. The maximum absolute atomic E-state index is 12.1. The molecule has 21 heavy (non-hydrogen) atoms. The van der Waals surface area contributed by atoms with Gasteiger partial charge in [0.25, 0.3) is 5.91 Å². The number of methoxy groups -OCH3 is 2. The van der Waals surface area contributed by atoms with E-state index in [0.29, 0.717) is 32.9 Å². The molecule has 0 spiro atoms. The van der Waals surface area contributed by atoms with Crippen molar-refractivity contribution < 1.29 is 14.3 Å². The van der Waals surface area contributed by atoms with E-state index in [1.807, 2.05) is 0 Å². The molecule has 1 fully saturated rings. The smallest absolute Gasteiger partial charge is 0.276 e. The largest absolute Gasteiger partial charge is 0.493 e. The first-order chi connectivity index (χ1) is 9.90. The molecular weight excluding hydrogens is 312 g/mol. The summed E-state index contributed by atoms with van der Waals surface area (Å²) >= 11 is 11.4. The standard InChI is InChI=1S/C14H15ClN2O3S/c1-16-10(13(18)17(2)14(16)21)5-8-6-11(19-3)12(20-4)7-9(8)15/h5-7H,1-4H3. The Morgan fingerprint density at radius 2 is 1.71 bits per heavy atom. The Balaban J connectivity index is 2.50. The number of rotatable bonds is 3. The number of halogens is 1. The molecule has 1 amide bonds. The van der Waals surface area contributed by atoms with Gasteiger partial charge in [0.2, 0.25) is 0 Å². The third-order valence-corrected chi connectivity index (χ3v) is 4.13. The number of nitrogens with zero attached hydrogens (tertiary/aromatic N) is 2. The van der Waals surface area contributed by atoms with Crippen LogP contribution < -0.4 is 9.47 Å². The molecule has 0 aromatic heterocycles. The highest BCUT2D eigenvalue weighted by molar-refractivity contribution is 7.80. The maximum Gasteiger partial charge on any atom is 0.276 e. The monoisotopic (exact) mass is 326 g/mol. The van der Waals surface area contributed by atoms with Crippen LogP contribution in [-0.2, 0) is 4.79 Å². The van der Waals surface area contributed by atoms with Gasteiger partial charge < -0.3 is 14.4 Å². The van der Waals surface area contributed by atoms with Gasteiger partial charge in [-0.25, -0.2) is 0 Å². The summed E-state index contributed by atoms with van der Waals surface area (Å²) in [5.74, 6) is 0.898. The van der Waals surface area contributed by atoms with Gasteiger partial charge in [-0.1, -0.05) is 11.6 Å². The summed E-state index contributed by atoms with van der Waals surface area (Å²) in [6, 6.07) is 3.37. The Hall–Kier alpha value is -1.79. The Kier molecular flexibility index (Phi) is 4.39. The van der Waals surface area contributed by atoms with E-state index in [2.05, 4.69) is 0 Å². The van der Waals surface area contributed by atoms with Crippen LogP contribution in [0.5, 0.6) is 11.5 Å². The van der Waals surface area contributed by atoms with Crippen LogP contribution in [0.3, 0.4) is 0 Å². The molecule has 0 saturated carbocycles. The lowest BCUT2D eigenvalue weighted by atomic mass is 10.1. The Morgan fingerprint density at radius 3 is 2.19 bits per heavy atom. The van der Waals surface area contributed by atoms with Crippen molar-refractivity contribution in [1.29, 1.82) is 0 Å². The molecule has 1 aromatic rings. The highest BCUT2D eigenvalue weighted by Gasteiger charge is 2.32. The highest BCUT2D eigenvalue weighted by atomic mass is 35.5. The number of hydrogen-bond acceptors (Lipinski definition) is 4. The van der Waals surface area contributed by atoms with Crippen molar-refractivity contribution in [2.45, 2.75) is 0 Å². The maximum atomic E-state index is 12.1. The van der Waals surface area contributed by atoms with Crippen molar-refractivity contribution in [2.75, 3.05) is 28.3 Å². The molecule has 2 rings (SSSR count). The van der Waals surface area contributed by atoms with Crippen LogP contribution in [0.4, 0.5) is 0 Å². The lowest BCUT2D eigenvalue weighted by Gasteiger charge is -2.12. The predicted octanol–water partition coefficient (Wildman–Crippen LogP) is 2.39. The van der Waals surface area contributed by atoms with E-state index in [4.69, 9.17) is 33.3 Å².